The van der Waals surface area contributed by atoms with Gasteiger partial charge in [0.1, 0.15) is 17.0 Å². The van der Waals surface area contributed by atoms with Gasteiger partial charge in [-0.25, -0.2) is 17.2 Å². The summed E-state index contributed by atoms with van der Waals surface area (Å²) >= 11 is 0. The third kappa shape index (κ3) is 5.17. The number of carbonyl (C=O) groups is 1. The molecule has 1 unspecified atom stereocenters. The van der Waals surface area contributed by atoms with Gasteiger partial charge in [0.15, 0.2) is 12.3 Å². The van der Waals surface area contributed by atoms with E-state index in [1.54, 1.807) is 13.1 Å². The van der Waals surface area contributed by atoms with E-state index in [0.717, 1.165) is 9.54 Å². The Balaban J connectivity index is 1.81. The second-order valence-electron chi connectivity index (χ2n) is 8.05. The number of fused-ring (bicyclic) bond motifs is 1. The summed E-state index contributed by atoms with van der Waals surface area (Å²) in [6.45, 7) is 3.04. The van der Waals surface area contributed by atoms with Crippen LogP contribution in [0, 0.1) is 13.8 Å². The topological polar surface area (TPSA) is 160 Å². The zero-order valence-corrected chi connectivity index (χ0v) is 22.5. The number of carboxylic acid groups (broad SMARTS) is 1. The fourth-order valence-electron chi connectivity index (χ4n) is 3.76. The molecule has 12 nitrogen and oxygen atoms in total. The molecule has 0 amide bonds. The average molecular weight is 561 g/mol. The molecule has 0 saturated heterocycles. The van der Waals surface area contributed by atoms with Crippen molar-refractivity contribution in [2.45, 2.75) is 29.7 Å². The normalized spacial score (nSPS) is 12.3. The van der Waals surface area contributed by atoms with E-state index in [-0.39, 0.29) is 38.6 Å². The van der Waals surface area contributed by atoms with Gasteiger partial charge in [0.25, 0.3) is 10.0 Å². The Kier molecular flexibility index (Phi) is 7.64. The highest BCUT2D eigenvalue weighted by Crippen LogP contribution is 2.29. The molecule has 0 aliphatic carbocycles. The van der Waals surface area contributed by atoms with Crippen molar-refractivity contribution in [1.29, 1.82) is 0 Å². The summed E-state index contributed by atoms with van der Waals surface area (Å²) < 4.78 is 57.7. The van der Waals surface area contributed by atoms with Crippen molar-refractivity contribution in [2.75, 3.05) is 20.8 Å². The summed E-state index contributed by atoms with van der Waals surface area (Å²) in [5.74, 6) is -0.313. The molecule has 1 atom stereocenters. The molecule has 3 heterocycles. The van der Waals surface area contributed by atoms with E-state index >= 15 is 0 Å². The summed E-state index contributed by atoms with van der Waals surface area (Å²) in [6, 6.07) is 8.13. The summed E-state index contributed by atoms with van der Waals surface area (Å²) in [6.07, 6.45) is 1.60. The smallest absolute Gasteiger partial charge is 0.341 e. The molecule has 1 N–H and O–H groups in total. The maximum absolute atomic E-state index is 13.8. The third-order valence-corrected chi connectivity index (χ3v) is 8.63. The highest BCUT2D eigenvalue weighted by molar-refractivity contribution is 7.91. The van der Waals surface area contributed by atoms with Crippen LogP contribution in [0.5, 0.6) is 17.4 Å². The highest BCUT2D eigenvalue weighted by atomic mass is 32.2. The molecule has 0 fully saturated rings. The lowest BCUT2D eigenvalue weighted by atomic mass is 10.1. The number of methoxy groups -OCH3 is 2. The first-order chi connectivity index (χ1) is 18.1. The van der Waals surface area contributed by atoms with Gasteiger partial charge in [0, 0.05) is 23.4 Å². The Bertz CT molecular complexity index is 1650. The third-order valence-electron chi connectivity index (χ3n) is 5.58. The summed E-state index contributed by atoms with van der Waals surface area (Å²) in [4.78, 5) is 23.5. The molecule has 0 bridgehead atoms. The Labute approximate surface area is 220 Å². The van der Waals surface area contributed by atoms with Crippen LogP contribution in [0.15, 0.2) is 52.6 Å². The van der Waals surface area contributed by atoms with Crippen molar-refractivity contribution in [1.82, 2.24) is 18.9 Å². The van der Waals surface area contributed by atoms with Gasteiger partial charge < -0.3 is 19.3 Å². The van der Waals surface area contributed by atoms with Crippen molar-refractivity contribution >= 4 is 38.0 Å². The minimum atomic E-state index is -4.32. The van der Waals surface area contributed by atoms with E-state index < -0.39 is 33.4 Å². The number of aromatic nitrogens is 4. The van der Waals surface area contributed by atoms with Gasteiger partial charge in [-0.3, -0.25) is 9.19 Å². The fraction of sp³-hybridized carbons (Fsp3) is 0.250. The molecule has 4 aromatic rings. The minimum Gasteiger partial charge on any atom is -0.496 e. The first-order valence-corrected chi connectivity index (χ1v) is 13.8. The van der Waals surface area contributed by atoms with Crippen molar-refractivity contribution < 1.29 is 36.7 Å². The Morgan fingerprint density at radius 3 is 2.39 bits per heavy atom. The number of carboxylic acids is 1. The number of aliphatic carboxylic acids is 1. The number of hydrogen-bond acceptors (Lipinski definition) is 10. The molecule has 14 heteroatoms. The Morgan fingerprint density at radius 1 is 1.05 bits per heavy atom. The predicted octanol–water partition coefficient (Wildman–Crippen LogP) is 2.47. The summed E-state index contributed by atoms with van der Waals surface area (Å²) in [5, 5.41) is 8.54. The standard InChI is InChI=1S/C24H24N4O8S2/c1-14-11-25-18(15(2)22(14)35-4)13-37(31)24-27-23-19(9-10-20(26-23)34-3)28(24)38(32,33)17-7-5-16(6-8-17)36-12-21(29)30/h5-11H,12-13H2,1-4H3,(H,29,30). The molecule has 0 aliphatic rings. The van der Waals surface area contributed by atoms with Crippen LogP contribution >= 0.6 is 0 Å². The second-order valence-corrected chi connectivity index (χ2v) is 11.2. The number of benzene rings is 1. The van der Waals surface area contributed by atoms with Crippen LogP contribution in [0.2, 0.25) is 0 Å². The van der Waals surface area contributed by atoms with E-state index in [1.165, 1.54) is 50.6 Å². The number of aryl methyl sites for hydroxylation is 1. The van der Waals surface area contributed by atoms with Crippen LogP contribution < -0.4 is 14.2 Å². The molecule has 1 aromatic carbocycles. The molecule has 0 radical (unpaired) electrons. The zero-order chi connectivity index (χ0) is 27.6. The molecule has 0 spiro atoms. The van der Waals surface area contributed by atoms with Gasteiger partial charge in [-0.2, -0.15) is 9.97 Å². The molecular weight excluding hydrogens is 536 g/mol. The lowest BCUT2D eigenvalue weighted by Crippen LogP contribution is -2.18. The van der Waals surface area contributed by atoms with E-state index in [9.17, 15) is 17.4 Å². The van der Waals surface area contributed by atoms with Crippen LogP contribution in [0.1, 0.15) is 16.8 Å². The molecule has 200 valence electrons. The number of hydrogen-bond donors (Lipinski definition) is 1. The number of imidazole rings is 1. The molecule has 0 saturated carbocycles. The maximum atomic E-state index is 13.8. The highest BCUT2D eigenvalue weighted by Gasteiger charge is 2.29. The fourth-order valence-corrected chi connectivity index (χ4v) is 6.78. The van der Waals surface area contributed by atoms with Gasteiger partial charge in [0.05, 0.1) is 41.4 Å². The second kappa shape index (κ2) is 10.8. The Hall–Kier alpha value is -4.04. The predicted molar refractivity (Wildman–Crippen MR) is 137 cm³/mol. The van der Waals surface area contributed by atoms with E-state index in [4.69, 9.17) is 19.3 Å². The molecule has 38 heavy (non-hydrogen) atoms. The summed E-state index contributed by atoms with van der Waals surface area (Å²) in [5.41, 5.74) is 2.09. The first kappa shape index (κ1) is 27.0. The monoisotopic (exact) mass is 560 g/mol. The van der Waals surface area contributed by atoms with Gasteiger partial charge >= 0.3 is 5.97 Å². The van der Waals surface area contributed by atoms with Crippen LogP contribution in [0.25, 0.3) is 11.2 Å². The molecule has 4 rings (SSSR count). The summed E-state index contributed by atoms with van der Waals surface area (Å²) in [7, 11) is -3.35. The first-order valence-electron chi connectivity index (χ1n) is 11.1. The van der Waals surface area contributed by atoms with Crippen LogP contribution in [0.3, 0.4) is 0 Å². The van der Waals surface area contributed by atoms with Gasteiger partial charge in [-0.05, 0) is 44.2 Å². The molecular formula is C24H24N4O8S2. The maximum Gasteiger partial charge on any atom is 0.341 e. The van der Waals surface area contributed by atoms with Gasteiger partial charge in [0.2, 0.25) is 11.0 Å². The van der Waals surface area contributed by atoms with Crippen LogP contribution in [-0.2, 0) is 31.4 Å². The van der Waals surface area contributed by atoms with Crippen molar-refractivity contribution in [2.24, 2.45) is 0 Å². The molecule has 3 aromatic heterocycles. The number of nitrogens with zero attached hydrogens (tertiary/aromatic N) is 4. The molecule has 0 aliphatic heterocycles. The van der Waals surface area contributed by atoms with Crippen LogP contribution in [-0.4, -0.2) is 63.5 Å². The van der Waals surface area contributed by atoms with Crippen molar-refractivity contribution in [3.8, 4) is 17.4 Å². The zero-order valence-electron chi connectivity index (χ0n) is 20.9. The lowest BCUT2D eigenvalue weighted by molar-refractivity contribution is -0.139. The Morgan fingerprint density at radius 2 is 1.76 bits per heavy atom. The van der Waals surface area contributed by atoms with Crippen molar-refractivity contribution in [3.63, 3.8) is 0 Å². The quantitative estimate of drug-likeness (QED) is 0.303. The largest absolute Gasteiger partial charge is 0.496 e. The SMILES string of the molecule is COc1ccc2c(n1)nc(S(=O)Cc1ncc(C)c(OC)c1C)n2S(=O)(=O)c1ccc(OCC(=O)O)cc1. The number of rotatable bonds is 10. The van der Waals surface area contributed by atoms with Crippen molar-refractivity contribution in [3.05, 3.63) is 59.4 Å². The van der Waals surface area contributed by atoms with Gasteiger partial charge in [-0.1, -0.05) is 0 Å². The number of pyridine rings is 2. The van der Waals surface area contributed by atoms with E-state index in [2.05, 4.69) is 15.0 Å². The van der Waals surface area contributed by atoms with Crippen LogP contribution in [0.4, 0.5) is 0 Å². The lowest BCUT2D eigenvalue weighted by Gasteiger charge is -2.13. The van der Waals surface area contributed by atoms with Gasteiger partial charge in [-0.15, -0.1) is 0 Å². The van der Waals surface area contributed by atoms with E-state index in [0.29, 0.717) is 17.0 Å². The average Bonchev–Trinajstić information content (AvgIpc) is 3.29. The number of ether oxygens (including phenoxy) is 3. The van der Waals surface area contributed by atoms with E-state index in [1.807, 2.05) is 6.92 Å². The minimum absolute atomic E-state index is 0.0313.